The fourth-order valence-corrected chi connectivity index (χ4v) is 1.28. The van der Waals surface area contributed by atoms with Crippen molar-refractivity contribution < 1.29 is 0 Å². The van der Waals surface area contributed by atoms with E-state index in [4.69, 9.17) is 0 Å². The molecule has 0 bridgehead atoms. The first-order valence-electron chi connectivity index (χ1n) is 4.41. The van der Waals surface area contributed by atoms with E-state index in [1.165, 1.54) is 16.7 Å². The molecule has 1 aliphatic rings. The molecule has 0 aromatic heterocycles. The van der Waals surface area contributed by atoms with Crippen LogP contribution in [0.1, 0.15) is 20.3 Å². The molecular weight excluding hydrogens is 158 g/mol. The molecule has 0 N–H and O–H groups in total. The van der Waals surface area contributed by atoms with Crippen LogP contribution in [0.3, 0.4) is 0 Å². The molecule has 0 aromatic carbocycles. The van der Waals surface area contributed by atoms with Crippen LogP contribution in [-0.2, 0) is 0 Å². The van der Waals surface area contributed by atoms with Gasteiger partial charge < -0.3 is 0 Å². The Morgan fingerprint density at radius 3 is 2.77 bits per heavy atom. The fourth-order valence-electron chi connectivity index (χ4n) is 1.28. The molecule has 1 rings (SSSR count). The lowest BCUT2D eigenvalue weighted by Crippen LogP contribution is -1.89. The summed E-state index contributed by atoms with van der Waals surface area (Å²) < 4.78 is 0. The van der Waals surface area contributed by atoms with Crippen LogP contribution >= 0.6 is 0 Å². The van der Waals surface area contributed by atoms with E-state index in [-0.39, 0.29) is 0 Å². The van der Waals surface area contributed by atoms with E-state index in [0.29, 0.717) is 0 Å². The molecule has 0 atom stereocenters. The maximum Gasteiger partial charge on any atom is 0.0292 e. The molecule has 0 aliphatic heterocycles. The Labute approximate surface area is 79.9 Å². The Hall–Kier alpha value is -1.37. The second-order valence-electron chi connectivity index (χ2n) is 3.14. The maximum absolute atomic E-state index is 3.76. The monoisotopic (exact) mass is 173 g/mol. The van der Waals surface area contributed by atoms with E-state index < -0.39 is 0 Å². The minimum Gasteiger partial charge on any atom is -0.272 e. The van der Waals surface area contributed by atoms with Crippen molar-refractivity contribution in [2.75, 3.05) is 0 Å². The van der Waals surface area contributed by atoms with E-state index in [1.807, 2.05) is 0 Å². The predicted octanol–water partition coefficient (Wildman–Crippen LogP) is 3.42. The largest absolute Gasteiger partial charge is 0.272 e. The number of hydrogen-bond donors (Lipinski definition) is 0. The Morgan fingerprint density at radius 2 is 2.23 bits per heavy atom. The third-order valence-electron chi connectivity index (χ3n) is 2.24. The van der Waals surface area contributed by atoms with Gasteiger partial charge in [-0.05, 0) is 43.7 Å². The first kappa shape index (κ1) is 9.72. The van der Waals surface area contributed by atoms with Crippen LogP contribution in [0, 0.1) is 0 Å². The summed E-state index contributed by atoms with van der Waals surface area (Å²) in [4.78, 5) is 3.76. The summed E-state index contributed by atoms with van der Waals surface area (Å²) in [5, 5.41) is 0. The van der Waals surface area contributed by atoms with E-state index >= 15 is 0 Å². The van der Waals surface area contributed by atoms with Gasteiger partial charge in [0.15, 0.2) is 0 Å². The lowest BCUT2D eigenvalue weighted by Gasteiger charge is -2.08. The van der Waals surface area contributed by atoms with Crippen molar-refractivity contribution in [3.63, 3.8) is 0 Å². The zero-order valence-corrected chi connectivity index (χ0v) is 8.25. The molecule has 0 saturated carbocycles. The molecule has 0 radical (unpaired) electrons. The first-order valence-corrected chi connectivity index (χ1v) is 4.41. The van der Waals surface area contributed by atoms with Gasteiger partial charge in [0, 0.05) is 6.20 Å². The number of hydrogen-bond acceptors (Lipinski definition) is 1. The molecule has 1 aliphatic carbocycles. The predicted molar refractivity (Wildman–Crippen MR) is 58.9 cm³/mol. The van der Waals surface area contributed by atoms with E-state index in [0.717, 1.165) is 6.42 Å². The van der Waals surface area contributed by atoms with Gasteiger partial charge in [-0.2, -0.15) is 0 Å². The van der Waals surface area contributed by atoms with Gasteiger partial charge in [-0.3, -0.25) is 4.99 Å². The number of aliphatic imine (C=N–C) groups is 1. The van der Waals surface area contributed by atoms with Crippen LogP contribution in [-0.4, -0.2) is 6.72 Å². The lowest BCUT2D eigenvalue weighted by molar-refractivity contribution is 1.17. The van der Waals surface area contributed by atoms with E-state index in [1.54, 1.807) is 6.20 Å². The van der Waals surface area contributed by atoms with E-state index in [2.05, 4.69) is 49.9 Å². The third-order valence-corrected chi connectivity index (χ3v) is 2.24. The van der Waals surface area contributed by atoms with Crippen LogP contribution < -0.4 is 0 Å². The first-order chi connectivity index (χ1) is 6.25. The Morgan fingerprint density at radius 1 is 1.46 bits per heavy atom. The molecule has 0 heterocycles. The van der Waals surface area contributed by atoms with Gasteiger partial charge in [0.05, 0.1) is 0 Å². The normalized spacial score (nSPS) is 20.3. The molecular formula is C12H15N. The molecule has 1 nitrogen and oxygen atoms in total. The zero-order chi connectivity index (χ0) is 9.68. The van der Waals surface area contributed by atoms with Gasteiger partial charge >= 0.3 is 0 Å². The average Bonchev–Trinajstić information content (AvgIpc) is 2.18. The summed E-state index contributed by atoms with van der Waals surface area (Å²) in [5.41, 5.74) is 3.85. The van der Waals surface area contributed by atoms with Gasteiger partial charge in [-0.1, -0.05) is 24.3 Å². The maximum atomic E-state index is 3.76. The minimum absolute atomic E-state index is 1.02. The van der Waals surface area contributed by atoms with Crippen molar-refractivity contribution in [1.29, 1.82) is 0 Å². The van der Waals surface area contributed by atoms with Gasteiger partial charge in [0.1, 0.15) is 0 Å². The highest BCUT2D eigenvalue weighted by atomic mass is 14.6. The van der Waals surface area contributed by atoms with Gasteiger partial charge in [0.2, 0.25) is 0 Å². The Bertz CT molecular complexity index is 314. The van der Waals surface area contributed by atoms with Crippen molar-refractivity contribution in [3.8, 4) is 0 Å². The number of rotatable bonds is 2. The molecule has 68 valence electrons. The summed E-state index contributed by atoms with van der Waals surface area (Å²) in [6, 6.07) is 0. The SMILES string of the molecule is C=N/C=C(C)\C(C)=C1\C=CC=CC1. The highest BCUT2D eigenvalue weighted by Crippen LogP contribution is 2.20. The molecule has 13 heavy (non-hydrogen) atoms. The van der Waals surface area contributed by atoms with Crippen LogP contribution in [0.15, 0.2) is 52.2 Å². The topological polar surface area (TPSA) is 12.4 Å². The van der Waals surface area contributed by atoms with Crippen molar-refractivity contribution >= 4 is 6.72 Å². The minimum atomic E-state index is 1.02. The van der Waals surface area contributed by atoms with Crippen molar-refractivity contribution in [2.24, 2.45) is 4.99 Å². The van der Waals surface area contributed by atoms with Crippen LogP contribution in [0.25, 0.3) is 0 Å². The van der Waals surface area contributed by atoms with Crippen LogP contribution in [0.2, 0.25) is 0 Å². The molecule has 0 fully saturated rings. The quantitative estimate of drug-likeness (QED) is 0.567. The third kappa shape index (κ3) is 2.55. The van der Waals surface area contributed by atoms with Gasteiger partial charge in [0.25, 0.3) is 0 Å². The number of nitrogens with zero attached hydrogens (tertiary/aromatic N) is 1. The molecule has 0 saturated heterocycles. The fraction of sp³-hybridized carbons (Fsp3) is 0.250. The molecule has 0 spiro atoms. The lowest BCUT2D eigenvalue weighted by atomic mass is 9.98. The number of allylic oxidation sites excluding steroid dienone is 7. The smallest absolute Gasteiger partial charge is 0.0292 e. The standard InChI is InChI=1S/C12H15N/c1-10(9-13-3)11(2)12-7-5-4-6-8-12/h4-7,9H,3,8H2,1-2H3/b10-9-,12-11-. The summed E-state index contributed by atoms with van der Waals surface area (Å²) in [6.45, 7) is 7.63. The highest BCUT2D eigenvalue weighted by molar-refractivity contribution is 5.42. The van der Waals surface area contributed by atoms with Crippen LogP contribution in [0.4, 0.5) is 0 Å². The molecule has 1 heteroatoms. The Kier molecular flexibility index (Phi) is 3.44. The highest BCUT2D eigenvalue weighted by Gasteiger charge is 2.01. The molecule has 0 amide bonds. The van der Waals surface area contributed by atoms with E-state index in [9.17, 15) is 0 Å². The zero-order valence-electron chi connectivity index (χ0n) is 8.25. The summed E-state index contributed by atoms with van der Waals surface area (Å²) in [5.74, 6) is 0. The van der Waals surface area contributed by atoms with Crippen LogP contribution in [0.5, 0.6) is 0 Å². The molecule has 0 aromatic rings. The Balaban J connectivity index is 2.92. The van der Waals surface area contributed by atoms with Gasteiger partial charge in [-0.25, -0.2) is 0 Å². The van der Waals surface area contributed by atoms with Gasteiger partial charge in [-0.15, -0.1) is 0 Å². The van der Waals surface area contributed by atoms with Crippen molar-refractivity contribution in [2.45, 2.75) is 20.3 Å². The summed E-state index contributed by atoms with van der Waals surface area (Å²) >= 11 is 0. The summed E-state index contributed by atoms with van der Waals surface area (Å²) in [6.07, 6.45) is 11.3. The summed E-state index contributed by atoms with van der Waals surface area (Å²) in [7, 11) is 0. The second-order valence-corrected chi connectivity index (χ2v) is 3.14. The molecule has 0 unspecified atom stereocenters. The second kappa shape index (κ2) is 4.61. The van der Waals surface area contributed by atoms with Crippen molar-refractivity contribution in [3.05, 3.63) is 47.2 Å². The average molecular weight is 173 g/mol. The van der Waals surface area contributed by atoms with Crippen molar-refractivity contribution in [1.82, 2.24) is 0 Å².